The van der Waals surface area contributed by atoms with Gasteiger partial charge in [-0.25, -0.2) is 0 Å². The lowest BCUT2D eigenvalue weighted by molar-refractivity contribution is 0.284. The van der Waals surface area contributed by atoms with Gasteiger partial charge in [-0.15, -0.1) is 0 Å². The largest absolute Gasteiger partial charge is 0.497 e. The van der Waals surface area contributed by atoms with Crippen molar-refractivity contribution in [1.82, 2.24) is 0 Å². The number of methoxy groups -OCH3 is 2. The van der Waals surface area contributed by atoms with Crippen LogP contribution in [0.25, 0.3) is 0 Å². The first-order valence-corrected chi connectivity index (χ1v) is 6.81. The van der Waals surface area contributed by atoms with Crippen molar-refractivity contribution in [3.05, 3.63) is 53.6 Å². The first-order valence-electron chi connectivity index (χ1n) is 6.81. The lowest BCUT2D eigenvalue weighted by atomic mass is 10.1. The van der Waals surface area contributed by atoms with E-state index in [1.54, 1.807) is 14.2 Å². The van der Waals surface area contributed by atoms with Gasteiger partial charge in [0.25, 0.3) is 0 Å². The predicted molar refractivity (Wildman–Crippen MR) is 83.1 cm³/mol. The molecule has 0 aliphatic rings. The molecule has 0 aliphatic heterocycles. The molecule has 0 bridgehead atoms. The number of aryl methyl sites for hydroxylation is 1. The van der Waals surface area contributed by atoms with E-state index in [1.807, 2.05) is 49.4 Å². The molecule has 0 heterocycles. The molecule has 4 heteroatoms. The van der Waals surface area contributed by atoms with E-state index >= 15 is 0 Å². The van der Waals surface area contributed by atoms with Crippen LogP contribution in [0.2, 0.25) is 0 Å². The zero-order chi connectivity index (χ0) is 15.2. The van der Waals surface area contributed by atoms with Crippen LogP contribution in [0.15, 0.2) is 42.5 Å². The van der Waals surface area contributed by atoms with Crippen molar-refractivity contribution in [2.45, 2.75) is 13.0 Å². The van der Waals surface area contributed by atoms with Crippen molar-refractivity contribution in [2.75, 3.05) is 20.8 Å². The van der Waals surface area contributed by atoms with Gasteiger partial charge in [-0.05, 0) is 30.7 Å². The molecule has 2 aromatic carbocycles. The molecule has 1 unspecified atom stereocenters. The van der Waals surface area contributed by atoms with Gasteiger partial charge in [-0.2, -0.15) is 0 Å². The van der Waals surface area contributed by atoms with Gasteiger partial charge in [0.15, 0.2) is 0 Å². The van der Waals surface area contributed by atoms with Gasteiger partial charge in [-0.1, -0.05) is 18.2 Å². The fourth-order valence-corrected chi connectivity index (χ4v) is 2.11. The Morgan fingerprint density at radius 1 is 1.00 bits per heavy atom. The van der Waals surface area contributed by atoms with E-state index in [9.17, 15) is 0 Å². The minimum absolute atomic E-state index is 0.273. The van der Waals surface area contributed by atoms with Crippen LogP contribution in [0, 0.1) is 6.92 Å². The second-order valence-electron chi connectivity index (χ2n) is 4.79. The molecule has 0 saturated carbocycles. The molecule has 2 rings (SSSR count). The SMILES string of the molecule is COc1ccc(C(N)COc2ccccc2C)c(OC)c1. The second-order valence-corrected chi connectivity index (χ2v) is 4.79. The van der Waals surface area contributed by atoms with E-state index in [-0.39, 0.29) is 6.04 Å². The molecule has 0 fully saturated rings. The van der Waals surface area contributed by atoms with Crippen LogP contribution in [0.5, 0.6) is 17.2 Å². The molecule has 0 spiro atoms. The maximum Gasteiger partial charge on any atom is 0.127 e. The van der Waals surface area contributed by atoms with E-state index in [0.717, 1.165) is 22.6 Å². The Hall–Kier alpha value is -2.20. The summed E-state index contributed by atoms with van der Waals surface area (Å²) in [6.07, 6.45) is 0. The monoisotopic (exact) mass is 287 g/mol. The highest BCUT2D eigenvalue weighted by Crippen LogP contribution is 2.29. The summed E-state index contributed by atoms with van der Waals surface area (Å²) in [6, 6.07) is 13.2. The van der Waals surface area contributed by atoms with Gasteiger partial charge in [0.1, 0.15) is 23.9 Å². The van der Waals surface area contributed by atoms with Gasteiger partial charge in [0.05, 0.1) is 20.3 Å². The maximum absolute atomic E-state index is 6.22. The molecule has 112 valence electrons. The third kappa shape index (κ3) is 3.67. The van der Waals surface area contributed by atoms with E-state index in [1.165, 1.54) is 0 Å². The van der Waals surface area contributed by atoms with Crippen molar-refractivity contribution in [2.24, 2.45) is 5.73 Å². The van der Waals surface area contributed by atoms with Gasteiger partial charge >= 0.3 is 0 Å². The second kappa shape index (κ2) is 6.99. The minimum Gasteiger partial charge on any atom is -0.497 e. The van der Waals surface area contributed by atoms with Crippen LogP contribution < -0.4 is 19.9 Å². The summed E-state index contributed by atoms with van der Waals surface area (Å²) in [6.45, 7) is 2.39. The summed E-state index contributed by atoms with van der Waals surface area (Å²) >= 11 is 0. The Morgan fingerprint density at radius 2 is 1.76 bits per heavy atom. The Bertz CT molecular complexity index is 598. The number of rotatable bonds is 6. The maximum atomic E-state index is 6.22. The number of benzene rings is 2. The lowest BCUT2D eigenvalue weighted by Crippen LogP contribution is -2.20. The smallest absolute Gasteiger partial charge is 0.127 e. The third-order valence-electron chi connectivity index (χ3n) is 3.35. The molecule has 0 saturated heterocycles. The Morgan fingerprint density at radius 3 is 2.43 bits per heavy atom. The van der Waals surface area contributed by atoms with E-state index in [2.05, 4.69) is 0 Å². The van der Waals surface area contributed by atoms with Crippen LogP contribution >= 0.6 is 0 Å². The molecular weight excluding hydrogens is 266 g/mol. The average Bonchev–Trinajstić information content (AvgIpc) is 2.53. The van der Waals surface area contributed by atoms with Crippen molar-refractivity contribution in [3.8, 4) is 17.2 Å². The first kappa shape index (κ1) is 15.2. The van der Waals surface area contributed by atoms with Gasteiger partial charge in [-0.3, -0.25) is 0 Å². The molecule has 2 N–H and O–H groups in total. The standard InChI is InChI=1S/C17H21NO3/c1-12-6-4-5-7-16(12)21-11-15(18)14-9-8-13(19-2)10-17(14)20-3/h4-10,15H,11,18H2,1-3H3. The number of ether oxygens (including phenoxy) is 3. The first-order chi connectivity index (χ1) is 10.2. The molecular formula is C17H21NO3. The summed E-state index contributed by atoms with van der Waals surface area (Å²) in [5.74, 6) is 2.29. The highest BCUT2D eigenvalue weighted by molar-refractivity contribution is 5.42. The van der Waals surface area contributed by atoms with Crippen molar-refractivity contribution < 1.29 is 14.2 Å². The highest BCUT2D eigenvalue weighted by atomic mass is 16.5. The molecule has 0 aromatic heterocycles. The Balaban J connectivity index is 2.10. The molecule has 0 aliphatic carbocycles. The summed E-state index contributed by atoms with van der Waals surface area (Å²) < 4.78 is 16.4. The molecule has 0 radical (unpaired) electrons. The Labute approximate surface area is 125 Å². The lowest BCUT2D eigenvalue weighted by Gasteiger charge is -2.18. The van der Waals surface area contributed by atoms with Crippen LogP contribution in [0.3, 0.4) is 0 Å². The van der Waals surface area contributed by atoms with Gasteiger partial charge in [0, 0.05) is 11.6 Å². The molecule has 4 nitrogen and oxygen atoms in total. The summed E-state index contributed by atoms with van der Waals surface area (Å²) in [5.41, 5.74) is 8.20. The Kier molecular flexibility index (Phi) is 5.06. The van der Waals surface area contributed by atoms with E-state index in [4.69, 9.17) is 19.9 Å². The third-order valence-corrected chi connectivity index (χ3v) is 3.35. The number of hydrogen-bond donors (Lipinski definition) is 1. The molecule has 2 aromatic rings. The van der Waals surface area contributed by atoms with E-state index < -0.39 is 0 Å². The predicted octanol–water partition coefficient (Wildman–Crippen LogP) is 3.09. The van der Waals surface area contributed by atoms with Crippen LogP contribution in [0.1, 0.15) is 17.2 Å². The van der Waals surface area contributed by atoms with Crippen LogP contribution in [-0.4, -0.2) is 20.8 Å². The van der Waals surface area contributed by atoms with E-state index in [0.29, 0.717) is 12.4 Å². The number of nitrogens with two attached hydrogens (primary N) is 1. The zero-order valence-corrected chi connectivity index (χ0v) is 12.6. The topological polar surface area (TPSA) is 53.7 Å². The van der Waals surface area contributed by atoms with Crippen molar-refractivity contribution in [1.29, 1.82) is 0 Å². The van der Waals surface area contributed by atoms with Gasteiger partial charge < -0.3 is 19.9 Å². The van der Waals surface area contributed by atoms with Gasteiger partial charge in [0.2, 0.25) is 0 Å². The zero-order valence-electron chi connectivity index (χ0n) is 12.6. The summed E-state index contributed by atoms with van der Waals surface area (Å²) in [7, 11) is 3.24. The molecule has 21 heavy (non-hydrogen) atoms. The summed E-state index contributed by atoms with van der Waals surface area (Å²) in [5, 5.41) is 0. The average molecular weight is 287 g/mol. The quantitative estimate of drug-likeness (QED) is 0.887. The molecule has 1 atom stereocenters. The fourth-order valence-electron chi connectivity index (χ4n) is 2.11. The highest BCUT2D eigenvalue weighted by Gasteiger charge is 2.14. The minimum atomic E-state index is -0.273. The van der Waals surface area contributed by atoms with Crippen molar-refractivity contribution >= 4 is 0 Å². The fraction of sp³-hybridized carbons (Fsp3) is 0.294. The number of hydrogen-bond acceptors (Lipinski definition) is 4. The van der Waals surface area contributed by atoms with Crippen molar-refractivity contribution in [3.63, 3.8) is 0 Å². The molecule has 0 amide bonds. The van der Waals surface area contributed by atoms with Crippen LogP contribution in [-0.2, 0) is 0 Å². The summed E-state index contributed by atoms with van der Waals surface area (Å²) in [4.78, 5) is 0. The normalized spacial score (nSPS) is 11.8. The van der Waals surface area contributed by atoms with Crippen LogP contribution in [0.4, 0.5) is 0 Å². The number of para-hydroxylation sites is 1.